The SMILES string of the molecule is Cc1ccc(C=NNC(=O)COc2ccc(C(C)(C)C)cc2Br)cc1. The summed E-state index contributed by atoms with van der Waals surface area (Å²) in [7, 11) is 0. The van der Waals surface area contributed by atoms with E-state index in [1.165, 1.54) is 11.1 Å². The predicted octanol–water partition coefficient (Wildman–Crippen LogP) is 4.58. The maximum absolute atomic E-state index is 11.8. The lowest BCUT2D eigenvalue weighted by Crippen LogP contribution is -2.24. The first kappa shape index (κ1) is 19.2. The van der Waals surface area contributed by atoms with Gasteiger partial charge in [0.15, 0.2) is 6.61 Å². The highest BCUT2D eigenvalue weighted by Gasteiger charge is 2.15. The molecule has 2 rings (SSSR count). The van der Waals surface area contributed by atoms with Crippen molar-refractivity contribution in [2.75, 3.05) is 6.61 Å². The van der Waals surface area contributed by atoms with E-state index in [4.69, 9.17) is 4.74 Å². The van der Waals surface area contributed by atoms with Gasteiger partial charge < -0.3 is 4.74 Å². The standard InChI is InChI=1S/C20H23BrN2O2/c1-14-5-7-15(8-6-14)12-22-23-19(24)13-25-18-10-9-16(11-17(18)21)20(2,3)4/h5-12H,13H2,1-4H3,(H,23,24). The third-order valence-electron chi connectivity index (χ3n) is 3.64. The molecule has 5 heteroatoms. The van der Waals surface area contributed by atoms with Gasteiger partial charge in [-0.3, -0.25) is 4.79 Å². The number of carbonyl (C=O) groups excluding carboxylic acids is 1. The first-order valence-electron chi connectivity index (χ1n) is 8.07. The highest BCUT2D eigenvalue weighted by Crippen LogP contribution is 2.31. The second kappa shape index (κ2) is 8.30. The molecule has 0 atom stereocenters. The van der Waals surface area contributed by atoms with Crippen molar-refractivity contribution in [3.05, 3.63) is 63.6 Å². The number of nitrogens with one attached hydrogen (secondary N) is 1. The summed E-state index contributed by atoms with van der Waals surface area (Å²) in [5.74, 6) is 0.320. The smallest absolute Gasteiger partial charge is 0.277 e. The number of hydrazone groups is 1. The minimum absolute atomic E-state index is 0.0586. The molecule has 25 heavy (non-hydrogen) atoms. The predicted molar refractivity (Wildman–Crippen MR) is 105 cm³/mol. The normalized spacial score (nSPS) is 11.6. The molecule has 0 unspecified atom stereocenters. The molecule has 0 saturated heterocycles. The third kappa shape index (κ3) is 6.02. The second-order valence-corrected chi connectivity index (χ2v) is 7.74. The molecule has 4 nitrogen and oxygen atoms in total. The zero-order valence-electron chi connectivity index (χ0n) is 15.0. The van der Waals surface area contributed by atoms with Crippen LogP contribution in [0.25, 0.3) is 0 Å². The van der Waals surface area contributed by atoms with Crippen LogP contribution in [0.5, 0.6) is 5.75 Å². The third-order valence-corrected chi connectivity index (χ3v) is 4.26. The van der Waals surface area contributed by atoms with Crippen LogP contribution < -0.4 is 10.2 Å². The zero-order valence-corrected chi connectivity index (χ0v) is 16.6. The summed E-state index contributed by atoms with van der Waals surface area (Å²) in [6.45, 7) is 8.36. The van der Waals surface area contributed by atoms with Crippen LogP contribution in [0.4, 0.5) is 0 Å². The lowest BCUT2D eigenvalue weighted by molar-refractivity contribution is -0.123. The summed E-state index contributed by atoms with van der Waals surface area (Å²) in [5, 5.41) is 3.94. The van der Waals surface area contributed by atoms with Crippen molar-refractivity contribution in [3.63, 3.8) is 0 Å². The Morgan fingerprint density at radius 1 is 1.20 bits per heavy atom. The van der Waals surface area contributed by atoms with Crippen LogP contribution in [0, 0.1) is 6.92 Å². The average Bonchev–Trinajstić information content (AvgIpc) is 2.54. The fourth-order valence-corrected chi connectivity index (χ4v) is 2.58. The lowest BCUT2D eigenvalue weighted by Gasteiger charge is -2.20. The minimum atomic E-state index is -0.310. The van der Waals surface area contributed by atoms with Gasteiger partial charge in [-0.25, -0.2) is 5.43 Å². The van der Waals surface area contributed by atoms with E-state index in [9.17, 15) is 4.79 Å². The summed E-state index contributed by atoms with van der Waals surface area (Å²) in [5.41, 5.74) is 5.82. The number of halogens is 1. The van der Waals surface area contributed by atoms with Crippen molar-refractivity contribution in [1.29, 1.82) is 0 Å². The Hall–Kier alpha value is -2.14. The van der Waals surface area contributed by atoms with Gasteiger partial charge >= 0.3 is 0 Å². The van der Waals surface area contributed by atoms with Crippen molar-refractivity contribution in [2.45, 2.75) is 33.1 Å². The Bertz CT molecular complexity index is 762. The molecule has 0 aliphatic rings. The number of aryl methyl sites for hydroxylation is 1. The van der Waals surface area contributed by atoms with Crippen LogP contribution in [0.1, 0.15) is 37.5 Å². The van der Waals surface area contributed by atoms with Crippen molar-refractivity contribution in [1.82, 2.24) is 5.43 Å². The maximum atomic E-state index is 11.8. The van der Waals surface area contributed by atoms with Crippen LogP contribution in [0.15, 0.2) is 52.0 Å². The summed E-state index contributed by atoms with van der Waals surface area (Å²) >= 11 is 3.49. The molecule has 0 spiro atoms. The Labute approximate surface area is 157 Å². The Morgan fingerprint density at radius 2 is 1.88 bits per heavy atom. The first-order chi connectivity index (χ1) is 11.8. The summed E-state index contributed by atoms with van der Waals surface area (Å²) in [6.07, 6.45) is 1.60. The van der Waals surface area contributed by atoms with Crippen LogP contribution in [0.2, 0.25) is 0 Å². The van der Waals surface area contributed by atoms with Crippen LogP contribution in [0.3, 0.4) is 0 Å². The molecule has 0 aromatic heterocycles. The lowest BCUT2D eigenvalue weighted by atomic mass is 9.87. The molecule has 0 aliphatic heterocycles. The van der Waals surface area contributed by atoms with Gasteiger partial charge in [0.2, 0.25) is 0 Å². The van der Waals surface area contributed by atoms with Crippen molar-refractivity contribution in [2.24, 2.45) is 5.10 Å². The van der Waals surface area contributed by atoms with Gasteiger partial charge in [-0.05, 0) is 51.5 Å². The number of hydrogen-bond acceptors (Lipinski definition) is 3. The highest BCUT2D eigenvalue weighted by atomic mass is 79.9. The van der Waals surface area contributed by atoms with Gasteiger partial charge in [0.05, 0.1) is 10.7 Å². The molecular weight excluding hydrogens is 380 g/mol. The molecular formula is C20H23BrN2O2. The molecule has 0 aliphatic carbocycles. The summed E-state index contributed by atoms with van der Waals surface area (Å²) in [4.78, 5) is 11.8. The largest absolute Gasteiger partial charge is 0.483 e. The molecule has 0 bridgehead atoms. The monoisotopic (exact) mass is 402 g/mol. The maximum Gasteiger partial charge on any atom is 0.277 e. The fourth-order valence-electron chi connectivity index (χ4n) is 2.09. The molecule has 0 fully saturated rings. The topological polar surface area (TPSA) is 50.7 Å². The van der Waals surface area contributed by atoms with E-state index >= 15 is 0 Å². The van der Waals surface area contributed by atoms with E-state index < -0.39 is 0 Å². The van der Waals surface area contributed by atoms with Crippen molar-refractivity contribution < 1.29 is 9.53 Å². The zero-order chi connectivity index (χ0) is 18.4. The molecule has 132 valence electrons. The van der Waals surface area contributed by atoms with Gasteiger partial charge in [-0.15, -0.1) is 0 Å². The van der Waals surface area contributed by atoms with E-state index in [1.54, 1.807) is 6.21 Å². The van der Waals surface area contributed by atoms with Gasteiger partial charge in [-0.2, -0.15) is 5.10 Å². The highest BCUT2D eigenvalue weighted by molar-refractivity contribution is 9.10. The molecule has 0 heterocycles. The molecule has 0 saturated carbocycles. The average molecular weight is 403 g/mol. The van der Waals surface area contributed by atoms with E-state index in [1.807, 2.05) is 49.4 Å². The Balaban J connectivity index is 1.86. The molecule has 1 N–H and O–H groups in total. The number of nitrogens with zero attached hydrogens (tertiary/aromatic N) is 1. The number of ether oxygens (including phenoxy) is 1. The number of rotatable bonds is 5. The number of benzene rings is 2. The minimum Gasteiger partial charge on any atom is -0.483 e. The molecule has 2 aromatic carbocycles. The van der Waals surface area contributed by atoms with Crippen LogP contribution in [-0.4, -0.2) is 18.7 Å². The van der Waals surface area contributed by atoms with E-state index in [-0.39, 0.29) is 17.9 Å². The quantitative estimate of drug-likeness (QED) is 0.587. The van der Waals surface area contributed by atoms with E-state index in [2.05, 4.69) is 47.2 Å². The summed E-state index contributed by atoms with van der Waals surface area (Å²) < 4.78 is 6.38. The van der Waals surface area contributed by atoms with Gasteiger partial charge in [0.1, 0.15) is 5.75 Å². The van der Waals surface area contributed by atoms with Gasteiger partial charge in [0.25, 0.3) is 5.91 Å². The fraction of sp³-hybridized carbons (Fsp3) is 0.300. The Kier molecular flexibility index (Phi) is 6.37. The summed E-state index contributed by atoms with van der Waals surface area (Å²) in [6, 6.07) is 13.8. The molecule has 2 aromatic rings. The number of hydrogen-bond donors (Lipinski definition) is 1. The van der Waals surface area contributed by atoms with Crippen LogP contribution in [-0.2, 0) is 10.2 Å². The number of carbonyl (C=O) groups is 1. The number of amides is 1. The molecule has 1 amide bonds. The van der Waals surface area contributed by atoms with Crippen molar-refractivity contribution in [3.8, 4) is 5.75 Å². The van der Waals surface area contributed by atoms with Gasteiger partial charge in [-0.1, -0.05) is 56.7 Å². The van der Waals surface area contributed by atoms with Crippen LogP contribution >= 0.6 is 15.9 Å². The molecule has 0 radical (unpaired) electrons. The Morgan fingerprint density at radius 3 is 2.48 bits per heavy atom. The first-order valence-corrected chi connectivity index (χ1v) is 8.86. The van der Waals surface area contributed by atoms with E-state index in [0.717, 1.165) is 10.0 Å². The van der Waals surface area contributed by atoms with E-state index in [0.29, 0.717) is 5.75 Å². The second-order valence-electron chi connectivity index (χ2n) is 6.89. The van der Waals surface area contributed by atoms with Gasteiger partial charge in [0, 0.05) is 0 Å². The van der Waals surface area contributed by atoms with Crippen molar-refractivity contribution >= 4 is 28.1 Å².